The number of carbonyl (C=O) groups is 1. The van der Waals surface area contributed by atoms with Gasteiger partial charge in [-0.1, -0.05) is 0 Å². The third-order valence-electron chi connectivity index (χ3n) is 2.97. The van der Waals surface area contributed by atoms with Crippen LogP contribution in [0.3, 0.4) is 0 Å². The number of nitrogens with one attached hydrogen (secondary N) is 1. The monoisotopic (exact) mass is 208 g/mol. The topological polar surface area (TPSA) is 75.0 Å². The molecule has 1 amide bonds. The van der Waals surface area contributed by atoms with Crippen LogP contribution in [0.1, 0.15) is 28.2 Å². The van der Waals surface area contributed by atoms with Crippen LogP contribution in [-0.2, 0) is 0 Å². The zero-order valence-corrected chi connectivity index (χ0v) is 9.08. The number of H-pyrrole nitrogens is 1. The van der Waals surface area contributed by atoms with Crippen molar-refractivity contribution in [1.82, 2.24) is 15.1 Å². The van der Waals surface area contributed by atoms with E-state index in [1.54, 1.807) is 4.90 Å². The molecule has 1 fully saturated rings. The lowest BCUT2D eigenvalue weighted by Gasteiger charge is -2.14. The van der Waals surface area contributed by atoms with Gasteiger partial charge in [-0.25, -0.2) is 0 Å². The molecule has 0 bridgehead atoms. The molecule has 5 heteroatoms. The Balaban J connectivity index is 2.18. The predicted octanol–water partition coefficient (Wildman–Crippen LogP) is 0.200. The van der Waals surface area contributed by atoms with E-state index in [4.69, 9.17) is 5.73 Å². The highest BCUT2D eigenvalue weighted by Crippen LogP contribution is 2.15. The van der Waals surface area contributed by atoms with Crippen LogP contribution >= 0.6 is 0 Å². The zero-order valence-electron chi connectivity index (χ0n) is 9.08. The Kier molecular flexibility index (Phi) is 2.48. The van der Waals surface area contributed by atoms with E-state index in [9.17, 15) is 4.79 Å². The number of likely N-dealkylation sites (tertiary alicyclic amines) is 1. The highest BCUT2D eigenvalue weighted by molar-refractivity contribution is 5.94. The molecule has 1 aliphatic heterocycles. The van der Waals surface area contributed by atoms with Crippen LogP contribution in [0.15, 0.2) is 0 Å². The Morgan fingerprint density at radius 3 is 2.80 bits per heavy atom. The normalized spacial score (nSPS) is 21.0. The van der Waals surface area contributed by atoms with Gasteiger partial charge in [-0.05, 0) is 20.3 Å². The first-order valence-electron chi connectivity index (χ1n) is 5.16. The maximum Gasteiger partial charge on any atom is 0.274 e. The minimum absolute atomic E-state index is 0.00944. The average molecular weight is 208 g/mol. The molecule has 0 aliphatic carbocycles. The van der Waals surface area contributed by atoms with Gasteiger partial charge in [-0.3, -0.25) is 9.89 Å². The van der Waals surface area contributed by atoms with Crippen LogP contribution in [0.25, 0.3) is 0 Å². The van der Waals surface area contributed by atoms with Gasteiger partial charge in [0.05, 0.1) is 0 Å². The van der Waals surface area contributed by atoms with E-state index in [-0.39, 0.29) is 11.9 Å². The number of nitrogens with zero attached hydrogens (tertiary/aromatic N) is 2. The SMILES string of the molecule is Cc1[nH]nc(C(=O)N2CCC(N)C2)c1C. The average Bonchev–Trinajstić information content (AvgIpc) is 2.75. The van der Waals surface area contributed by atoms with E-state index in [0.717, 1.165) is 24.2 Å². The molecule has 0 aromatic carbocycles. The molecule has 1 aliphatic rings. The minimum atomic E-state index is -0.00944. The molecule has 0 spiro atoms. The molecule has 2 heterocycles. The van der Waals surface area contributed by atoms with E-state index in [0.29, 0.717) is 12.2 Å². The lowest BCUT2D eigenvalue weighted by atomic mass is 10.2. The maximum atomic E-state index is 12.0. The first-order valence-corrected chi connectivity index (χ1v) is 5.16. The van der Waals surface area contributed by atoms with E-state index in [1.807, 2.05) is 13.8 Å². The molecule has 0 radical (unpaired) electrons. The molecule has 5 nitrogen and oxygen atoms in total. The van der Waals surface area contributed by atoms with E-state index >= 15 is 0 Å². The van der Waals surface area contributed by atoms with Crippen molar-refractivity contribution in [2.75, 3.05) is 13.1 Å². The van der Waals surface area contributed by atoms with Gasteiger partial charge in [0.25, 0.3) is 5.91 Å². The van der Waals surface area contributed by atoms with Crippen molar-refractivity contribution in [2.24, 2.45) is 5.73 Å². The number of nitrogens with two attached hydrogens (primary N) is 1. The molecule has 1 unspecified atom stereocenters. The molecule has 1 saturated heterocycles. The van der Waals surface area contributed by atoms with Crippen molar-refractivity contribution in [3.63, 3.8) is 0 Å². The number of rotatable bonds is 1. The molecule has 82 valence electrons. The summed E-state index contributed by atoms with van der Waals surface area (Å²) in [4.78, 5) is 13.8. The molecular formula is C10H16N4O. The molecule has 15 heavy (non-hydrogen) atoms. The highest BCUT2D eigenvalue weighted by atomic mass is 16.2. The predicted molar refractivity (Wildman–Crippen MR) is 56.6 cm³/mol. The summed E-state index contributed by atoms with van der Waals surface area (Å²) in [6.45, 7) is 5.20. The third-order valence-corrected chi connectivity index (χ3v) is 2.97. The summed E-state index contributed by atoms with van der Waals surface area (Å²) in [7, 11) is 0. The quantitative estimate of drug-likeness (QED) is 0.692. The minimum Gasteiger partial charge on any atom is -0.336 e. The van der Waals surface area contributed by atoms with Gasteiger partial charge in [0.1, 0.15) is 0 Å². The van der Waals surface area contributed by atoms with Gasteiger partial charge < -0.3 is 10.6 Å². The Labute approximate surface area is 88.6 Å². The molecule has 1 aromatic heterocycles. The molecule has 1 atom stereocenters. The van der Waals surface area contributed by atoms with Gasteiger partial charge in [0.15, 0.2) is 5.69 Å². The summed E-state index contributed by atoms with van der Waals surface area (Å²) >= 11 is 0. The summed E-state index contributed by atoms with van der Waals surface area (Å²) in [5.41, 5.74) is 8.17. The van der Waals surface area contributed by atoms with E-state index in [1.165, 1.54) is 0 Å². The number of aryl methyl sites for hydroxylation is 1. The number of amides is 1. The van der Waals surface area contributed by atoms with Gasteiger partial charge in [-0.2, -0.15) is 5.10 Å². The van der Waals surface area contributed by atoms with Gasteiger partial charge >= 0.3 is 0 Å². The lowest BCUT2D eigenvalue weighted by Crippen LogP contribution is -2.32. The second kappa shape index (κ2) is 3.66. The number of aromatic amines is 1. The maximum absolute atomic E-state index is 12.0. The number of carbonyl (C=O) groups excluding carboxylic acids is 1. The second-order valence-corrected chi connectivity index (χ2v) is 4.12. The number of hydrogen-bond acceptors (Lipinski definition) is 3. The van der Waals surface area contributed by atoms with Gasteiger partial charge in [0, 0.05) is 30.4 Å². The van der Waals surface area contributed by atoms with Crippen LogP contribution < -0.4 is 5.73 Å². The first kappa shape index (κ1) is 10.2. The Morgan fingerprint density at radius 2 is 2.33 bits per heavy atom. The van der Waals surface area contributed by atoms with E-state index in [2.05, 4.69) is 10.2 Å². The number of aromatic nitrogens is 2. The van der Waals surface area contributed by atoms with Crippen molar-refractivity contribution in [3.8, 4) is 0 Å². The van der Waals surface area contributed by atoms with Crippen LogP contribution in [0.2, 0.25) is 0 Å². The van der Waals surface area contributed by atoms with Crippen molar-refractivity contribution >= 4 is 5.91 Å². The van der Waals surface area contributed by atoms with Crippen molar-refractivity contribution in [1.29, 1.82) is 0 Å². The molecule has 1 aromatic rings. The fraction of sp³-hybridized carbons (Fsp3) is 0.600. The fourth-order valence-electron chi connectivity index (χ4n) is 1.81. The van der Waals surface area contributed by atoms with Crippen LogP contribution in [0.5, 0.6) is 0 Å². The summed E-state index contributed by atoms with van der Waals surface area (Å²) in [6.07, 6.45) is 0.883. The molecule has 0 saturated carbocycles. The molecule has 3 N–H and O–H groups in total. The van der Waals surface area contributed by atoms with Gasteiger partial charge in [0.2, 0.25) is 0 Å². The summed E-state index contributed by atoms with van der Waals surface area (Å²) in [5.74, 6) is -0.00944. The van der Waals surface area contributed by atoms with Crippen molar-refractivity contribution in [2.45, 2.75) is 26.3 Å². The standard InChI is InChI=1S/C10H16N4O/c1-6-7(2)12-13-9(6)10(15)14-4-3-8(11)5-14/h8H,3-5,11H2,1-2H3,(H,12,13). The van der Waals surface area contributed by atoms with Crippen molar-refractivity contribution in [3.05, 3.63) is 17.0 Å². The first-order chi connectivity index (χ1) is 7.09. The lowest BCUT2D eigenvalue weighted by molar-refractivity contribution is 0.0784. The van der Waals surface area contributed by atoms with Crippen LogP contribution in [0, 0.1) is 13.8 Å². The summed E-state index contributed by atoms with van der Waals surface area (Å²) < 4.78 is 0. The molecular weight excluding hydrogens is 192 g/mol. The Hall–Kier alpha value is -1.36. The second-order valence-electron chi connectivity index (χ2n) is 4.12. The van der Waals surface area contributed by atoms with E-state index < -0.39 is 0 Å². The number of hydrogen-bond donors (Lipinski definition) is 2. The Morgan fingerprint density at radius 1 is 1.60 bits per heavy atom. The third kappa shape index (κ3) is 1.74. The largest absolute Gasteiger partial charge is 0.336 e. The van der Waals surface area contributed by atoms with Gasteiger partial charge in [-0.15, -0.1) is 0 Å². The van der Waals surface area contributed by atoms with Crippen molar-refractivity contribution < 1.29 is 4.79 Å². The highest BCUT2D eigenvalue weighted by Gasteiger charge is 2.27. The zero-order chi connectivity index (χ0) is 11.0. The van der Waals surface area contributed by atoms with Crippen LogP contribution in [-0.4, -0.2) is 40.1 Å². The van der Waals surface area contributed by atoms with Crippen LogP contribution in [0.4, 0.5) is 0 Å². The molecule has 2 rings (SSSR count). The Bertz CT molecular complexity index is 385. The summed E-state index contributed by atoms with van der Waals surface area (Å²) in [6, 6.07) is 0.120. The smallest absolute Gasteiger partial charge is 0.274 e. The summed E-state index contributed by atoms with van der Waals surface area (Å²) in [5, 5.41) is 6.85. The fourth-order valence-corrected chi connectivity index (χ4v) is 1.81.